The molecule has 1 saturated heterocycles. The van der Waals surface area contributed by atoms with Gasteiger partial charge >= 0.3 is 0 Å². The van der Waals surface area contributed by atoms with Crippen molar-refractivity contribution in [3.8, 4) is 22.4 Å². The van der Waals surface area contributed by atoms with Crippen LogP contribution in [-0.4, -0.2) is 51.4 Å². The first-order chi connectivity index (χ1) is 16.0. The highest BCUT2D eigenvalue weighted by atomic mass is 16.2. The van der Waals surface area contributed by atoms with E-state index >= 15 is 0 Å². The van der Waals surface area contributed by atoms with Gasteiger partial charge in [0.1, 0.15) is 12.1 Å². The van der Waals surface area contributed by atoms with Crippen LogP contribution in [0.25, 0.3) is 33.3 Å². The number of piperazine rings is 1. The third-order valence-corrected chi connectivity index (χ3v) is 6.29. The molecule has 166 valence electrons. The van der Waals surface area contributed by atoms with Crippen LogP contribution in [0, 0.1) is 0 Å². The number of pyridine rings is 1. The zero-order valence-corrected chi connectivity index (χ0v) is 18.8. The molecule has 5 rings (SSSR count). The molecule has 1 aliphatic rings. The molecule has 0 unspecified atom stereocenters. The van der Waals surface area contributed by atoms with Gasteiger partial charge in [-0.15, -0.1) is 0 Å². The summed E-state index contributed by atoms with van der Waals surface area (Å²) < 4.78 is 0. The van der Waals surface area contributed by atoms with Crippen molar-refractivity contribution in [1.29, 1.82) is 0 Å². The SMILES string of the molecule is CC(=O)N1CCN(c2ccc(-c3ncnc4ccc(-c5ccnc(N)c5)cc34)cc2)[C@@H](C)C1. The van der Waals surface area contributed by atoms with Crippen LogP contribution in [0.1, 0.15) is 13.8 Å². The number of nitrogen functional groups attached to an aromatic ring is 1. The van der Waals surface area contributed by atoms with Crippen LogP contribution in [0.5, 0.6) is 0 Å². The summed E-state index contributed by atoms with van der Waals surface area (Å²) in [6.45, 7) is 6.12. The molecule has 1 amide bonds. The maximum absolute atomic E-state index is 11.7. The van der Waals surface area contributed by atoms with Crippen LogP contribution >= 0.6 is 0 Å². The van der Waals surface area contributed by atoms with Crippen molar-refractivity contribution in [2.45, 2.75) is 19.9 Å². The second-order valence-electron chi connectivity index (χ2n) is 8.48. The van der Waals surface area contributed by atoms with Crippen LogP contribution in [0.15, 0.2) is 67.1 Å². The Hall–Kier alpha value is -4.00. The lowest BCUT2D eigenvalue weighted by molar-refractivity contribution is -0.129. The van der Waals surface area contributed by atoms with Gasteiger partial charge in [-0.25, -0.2) is 15.0 Å². The second-order valence-corrected chi connectivity index (χ2v) is 8.48. The molecule has 0 radical (unpaired) electrons. The van der Waals surface area contributed by atoms with Gasteiger partial charge in [0.2, 0.25) is 5.91 Å². The summed E-state index contributed by atoms with van der Waals surface area (Å²) in [7, 11) is 0. The molecule has 4 aromatic rings. The summed E-state index contributed by atoms with van der Waals surface area (Å²) in [6.07, 6.45) is 3.33. The molecule has 33 heavy (non-hydrogen) atoms. The van der Waals surface area contributed by atoms with E-state index in [0.717, 1.165) is 58.6 Å². The fraction of sp³-hybridized carbons (Fsp3) is 0.231. The second kappa shape index (κ2) is 8.50. The van der Waals surface area contributed by atoms with Gasteiger partial charge in [-0.05, 0) is 54.4 Å². The number of carbonyl (C=O) groups excluding carboxylic acids is 1. The van der Waals surface area contributed by atoms with Crippen molar-refractivity contribution in [3.05, 3.63) is 67.1 Å². The van der Waals surface area contributed by atoms with Crippen molar-refractivity contribution in [2.75, 3.05) is 30.3 Å². The van der Waals surface area contributed by atoms with E-state index in [1.807, 2.05) is 29.2 Å². The lowest BCUT2D eigenvalue weighted by atomic mass is 10.0. The summed E-state index contributed by atoms with van der Waals surface area (Å²) in [6, 6.07) is 18.7. The Morgan fingerprint density at radius 2 is 1.70 bits per heavy atom. The largest absolute Gasteiger partial charge is 0.384 e. The van der Waals surface area contributed by atoms with E-state index in [2.05, 4.69) is 57.1 Å². The molecular weight excluding hydrogens is 412 g/mol. The van der Waals surface area contributed by atoms with Gasteiger partial charge in [0.25, 0.3) is 0 Å². The summed E-state index contributed by atoms with van der Waals surface area (Å²) in [5, 5.41) is 0.988. The number of rotatable bonds is 3. The molecule has 2 aromatic carbocycles. The van der Waals surface area contributed by atoms with E-state index in [1.54, 1.807) is 19.4 Å². The molecular formula is C26H26N6O. The third-order valence-electron chi connectivity index (χ3n) is 6.29. The number of carbonyl (C=O) groups is 1. The number of benzene rings is 2. The number of fused-ring (bicyclic) bond motifs is 1. The number of aromatic nitrogens is 3. The molecule has 0 bridgehead atoms. The molecule has 0 aliphatic carbocycles. The van der Waals surface area contributed by atoms with Crippen molar-refractivity contribution in [3.63, 3.8) is 0 Å². The smallest absolute Gasteiger partial charge is 0.219 e. The topological polar surface area (TPSA) is 88.2 Å². The van der Waals surface area contributed by atoms with E-state index in [9.17, 15) is 4.79 Å². The fourth-order valence-corrected chi connectivity index (χ4v) is 4.53. The van der Waals surface area contributed by atoms with E-state index in [4.69, 9.17) is 5.73 Å². The Morgan fingerprint density at radius 1 is 0.939 bits per heavy atom. The van der Waals surface area contributed by atoms with Crippen LogP contribution < -0.4 is 10.6 Å². The number of hydrogen-bond donors (Lipinski definition) is 1. The van der Waals surface area contributed by atoms with Gasteiger partial charge in [-0.3, -0.25) is 4.79 Å². The summed E-state index contributed by atoms with van der Waals surface area (Å²) >= 11 is 0. The zero-order chi connectivity index (χ0) is 22.9. The van der Waals surface area contributed by atoms with Crippen LogP contribution in [-0.2, 0) is 4.79 Å². The van der Waals surface area contributed by atoms with Crippen LogP contribution in [0.3, 0.4) is 0 Å². The number of nitrogens with zero attached hydrogens (tertiary/aromatic N) is 5. The quantitative estimate of drug-likeness (QED) is 0.520. The number of hydrogen-bond acceptors (Lipinski definition) is 6. The van der Waals surface area contributed by atoms with Gasteiger partial charge in [-0.2, -0.15) is 0 Å². The fourth-order valence-electron chi connectivity index (χ4n) is 4.53. The molecule has 2 N–H and O–H groups in total. The number of nitrogens with two attached hydrogens (primary N) is 1. The Balaban J connectivity index is 1.47. The van der Waals surface area contributed by atoms with E-state index < -0.39 is 0 Å². The van der Waals surface area contributed by atoms with Crippen LogP contribution in [0.4, 0.5) is 11.5 Å². The predicted molar refractivity (Wildman–Crippen MR) is 132 cm³/mol. The van der Waals surface area contributed by atoms with Crippen molar-refractivity contribution in [2.24, 2.45) is 0 Å². The monoisotopic (exact) mass is 438 g/mol. The standard InChI is InChI=1S/C26H26N6O/c1-17-15-31(18(2)33)11-12-32(17)22-6-3-19(4-7-22)26-23-13-20(5-8-24(23)29-16-30-26)21-9-10-28-25(27)14-21/h3-10,13-14,16-17H,11-12,15H2,1-2H3,(H2,27,28)/t17-/m0/s1. The van der Waals surface area contributed by atoms with Crippen LogP contribution in [0.2, 0.25) is 0 Å². The number of amides is 1. The predicted octanol–water partition coefficient (Wildman–Crippen LogP) is 4.00. The van der Waals surface area contributed by atoms with E-state index in [-0.39, 0.29) is 11.9 Å². The van der Waals surface area contributed by atoms with Gasteiger partial charge in [-0.1, -0.05) is 18.2 Å². The first-order valence-electron chi connectivity index (χ1n) is 11.1. The lowest BCUT2D eigenvalue weighted by Gasteiger charge is -2.41. The summed E-state index contributed by atoms with van der Waals surface area (Å²) in [5.74, 6) is 0.632. The highest BCUT2D eigenvalue weighted by Gasteiger charge is 2.25. The van der Waals surface area contributed by atoms with Gasteiger partial charge < -0.3 is 15.5 Å². The third kappa shape index (κ3) is 4.09. The highest BCUT2D eigenvalue weighted by Crippen LogP contribution is 2.31. The van der Waals surface area contributed by atoms with Gasteiger partial charge in [0.05, 0.1) is 11.2 Å². The van der Waals surface area contributed by atoms with Crippen molar-refractivity contribution in [1.82, 2.24) is 19.9 Å². The molecule has 7 nitrogen and oxygen atoms in total. The van der Waals surface area contributed by atoms with Crippen molar-refractivity contribution < 1.29 is 4.79 Å². The molecule has 3 heterocycles. The molecule has 1 fully saturated rings. The van der Waals surface area contributed by atoms with E-state index in [0.29, 0.717) is 5.82 Å². The minimum Gasteiger partial charge on any atom is -0.384 e. The Bertz CT molecular complexity index is 1320. The minimum absolute atomic E-state index is 0.140. The zero-order valence-electron chi connectivity index (χ0n) is 18.8. The molecule has 1 atom stereocenters. The molecule has 2 aromatic heterocycles. The van der Waals surface area contributed by atoms with E-state index in [1.165, 1.54) is 0 Å². The Morgan fingerprint density at radius 3 is 2.42 bits per heavy atom. The Kier molecular flexibility index (Phi) is 5.38. The minimum atomic E-state index is 0.140. The first-order valence-corrected chi connectivity index (χ1v) is 11.1. The Labute approximate surface area is 192 Å². The molecule has 0 saturated carbocycles. The average molecular weight is 439 g/mol. The average Bonchev–Trinajstić information content (AvgIpc) is 2.83. The maximum atomic E-state index is 11.7. The van der Waals surface area contributed by atoms with Gasteiger partial charge in [0, 0.05) is 55.4 Å². The first kappa shape index (κ1) is 20.9. The molecule has 7 heteroatoms. The molecule has 0 spiro atoms. The molecule has 1 aliphatic heterocycles. The lowest BCUT2D eigenvalue weighted by Crippen LogP contribution is -2.53. The summed E-state index contributed by atoms with van der Waals surface area (Å²) in [5.41, 5.74) is 11.9. The summed E-state index contributed by atoms with van der Waals surface area (Å²) in [4.78, 5) is 29.1. The van der Waals surface area contributed by atoms with Gasteiger partial charge in [0.15, 0.2) is 0 Å². The van der Waals surface area contributed by atoms with Crippen molar-refractivity contribution >= 4 is 28.3 Å². The highest BCUT2D eigenvalue weighted by molar-refractivity contribution is 5.95. The maximum Gasteiger partial charge on any atom is 0.219 e. The normalized spacial score (nSPS) is 16.2. The number of anilines is 2.